The number of carbonyl (C=O) groups excluding carboxylic acids is 2. The molecule has 2 heterocycles. The van der Waals surface area contributed by atoms with Crippen molar-refractivity contribution in [3.05, 3.63) is 35.6 Å². The van der Waals surface area contributed by atoms with Crippen LogP contribution in [0.15, 0.2) is 24.3 Å². The van der Waals surface area contributed by atoms with Gasteiger partial charge in [0, 0.05) is 44.3 Å². The van der Waals surface area contributed by atoms with Crippen LogP contribution in [0.1, 0.15) is 37.0 Å². The number of rotatable bonds is 5. The quantitative estimate of drug-likeness (QED) is 0.813. The Morgan fingerprint density at radius 1 is 1.07 bits per heavy atom. The molecule has 2 amide bonds. The fourth-order valence-electron chi connectivity index (χ4n) is 4.28. The van der Waals surface area contributed by atoms with Gasteiger partial charge in [0.05, 0.1) is 0 Å². The highest BCUT2D eigenvalue weighted by Gasteiger charge is 2.33. The number of hydrogen-bond donors (Lipinski definition) is 1. The zero-order valence-corrected chi connectivity index (χ0v) is 17.7. The Hall–Kier alpha value is -1.99. The third-order valence-corrected chi connectivity index (χ3v) is 6.07. The SMILES string of the molecule is CC(C)C(NC(=O)c1ccc(F)cc1)C(=O)N1CCN(C2CCCN(C)C2)CC1. The molecule has 29 heavy (non-hydrogen) atoms. The van der Waals surface area contributed by atoms with Crippen molar-refractivity contribution in [3.8, 4) is 0 Å². The van der Waals surface area contributed by atoms with Gasteiger partial charge in [0.1, 0.15) is 11.9 Å². The van der Waals surface area contributed by atoms with E-state index in [2.05, 4.69) is 22.2 Å². The standard InChI is InChI=1S/C22H33FN4O2/c1-16(2)20(24-21(28)17-6-8-18(23)9-7-17)22(29)27-13-11-26(12-14-27)19-5-4-10-25(3)15-19/h6-9,16,19-20H,4-5,10-15H2,1-3H3,(H,24,28). The zero-order valence-electron chi connectivity index (χ0n) is 17.7. The van der Waals surface area contributed by atoms with Crippen LogP contribution < -0.4 is 5.32 Å². The largest absolute Gasteiger partial charge is 0.340 e. The number of piperidine rings is 1. The van der Waals surface area contributed by atoms with Gasteiger partial charge >= 0.3 is 0 Å². The molecule has 0 spiro atoms. The van der Waals surface area contributed by atoms with E-state index in [9.17, 15) is 14.0 Å². The van der Waals surface area contributed by atoms with Gasteiger partial charge in [-0.3, -0.25) is 14.5 Å². The fraction of sp³-hybridized carbons (Fsp3) is 0.636. The van der Waals surface area contributed by atoms with Gasteiger partial charge < -0.3 is 15.1 Å². The minimum atomic E-state index is -0.583. The van der Waals surface area contributed by atoms with E-state index in [0.717, 1.165) is 19.6 Å². The topological polar surface area (TPSA) is 55.9 Å². The summed E-state index contributed by atoms with van der Waals surface area (Å²) in [6, 6.07) is 5.37. The van der Waals surface area contributed by atoms with Crippen molar-refractivity contribution < 1.29 is 14.0 Å². The molecule has 2 atom stereocenters. The summed E-state index contributed by atoms with van der Waals surface area (Å²) in [5.41, 5.74) is 0.357. The summed E-state index contributed by atoms with van der Waals surface area (Å²) in [5.74, 6) is -0.797. The van der Waals surface area contributed by atoms with Crippen molar-refractivity contribution in [2.24, 2.45) is 5.92 Å². The summed E-state index contributed by atoms with van der Waals surface area (Å²) in [6.45, 7) is 9.25. The van der Waals surface area contributed by atoms with Crippen LogP contribution in [0.3, 0.4) is 0 Å². The highest BCUT2D eigenvalue weighted by molar-refractivity contribution is 5.97. The number of likely N-dealkylation sites (tertiary alicyclic amines) is 1. The van der Waals surface area contributed by atoms with Crippen LogP contribution in [-0.4, -0.2) is 84.9 Å². The smallest absolute Gasteiger partial charge is 0.251 e. The number of benzene rings is 1. The molecule has 0 bridgehead atoms. The van der Waals surface area contributed by atoms with Crippen LogP contribution >= 0.6 is 0 Å². The number of piperazine rings is 1. The number of carbonyl (C=O) groups is 2. The highest BCUT2D eigenvalue weighted by atomic mass is 19.1. The Labute approximate surface area is 173 Å². The maximum absolute atomic E-state index is 13.1. The van der Waals surface area contributed by atoms with E-state index in [1.54, 1.807) is 0 Å². The molecule has 0 aliphatic carbocycles. The Morgan fingerprint density at radius 3 is 2.31 bits per heavy atom. The Bertz CT molecular complexity index is 701. The van der Waals surface area contributed by atoms with Gasteiger partial charge in [-0.15, -0.1) is 0 Å². The lowest BCUT2D eigenvalue weighted by molar-refractivity contribution is -0.136. The van der Waals surface area contributed by atoms with Gasteiger partial charge in [-0.2, -0.15) is 0 Å². The number of likely N-dealkylation sites (N-methyl/N-ethyl adjacent to an activating group) is 1. The third kappa shape index (κ3) is 5.54. The highest BCUT2D eigenvalue weighted by Crippen LogP contribution is 2.18. The summed E-state index contributed by atoms with van der Waals surface area (Å²) >= 11 is 0. The summed E-state index contributed by atoms with van der Waals surface area (Å²) in [7, 11) is 2.17. The number of nitrogens with one attached hydrogen (secondary N) is 1. The molecule has 160 valence electrons. The lowest BCUT2D eigenvalue weighted by Gasteiger charge is -2.43. The number of amides is 2. The molecule has 2 unspecified atom stereocenters. The second-order valence-corrected chi connectivity index (χ2v) is 8.62. The maximum atomic E-state index is 13.1. The molecule has 0 saturated carbocycles. The summed E-state index contributed by atoms with van der Waals surface area (Å²) in [6.07, 6.45) is 2.45. The molecule has 1 aromatic rings. The van der Waals surface area contributed by atoms with Gasteiger partial charge in [0.2, 0.25) is 5.91 Å². The van der Waals surface area contributed by atoms with Gasteiger partial charge in [-0.05, 0) is 56.6 Å². The summed E-state index contributed by atoms with van der Waals surface area (Å²) in [5, 5.41) is 2.86. The van der Waals surface area contributed by atoms with Crippen LogP contribution in [0.4, 0.5) is 4.39 Å². The molecule has 1 aromatic carbocycles. The van der Waals surface area contributed by atoms with Crippen LogP contribution in [0.5, 0.6) is 0 Å². The van der Waals surface area contributed by atoms with E-state index in [1.165, 1.54) is 43.7 Å². The molecule has 6 nitrogen and oxygen atoms in total. The van der Waals surface area contributed by atoms with Crippen LogP contribution in [0, 0.1) is 11.7 Å². The van der Waals surface area contributed by atoms with E-state index >= 15 is 0 Å². The second kappa shape index (κ2) is 9.67. The first-order chi connectivity index (χ1) is 13.8. The van der Waals surface area contributed by atoms with Crippen LogP contribution in [0.25, 0.3) is 0 Å². The third-order valence-electron chi connectivity index (χ3n) is 6.07. The first kappa shape index (κ1) is 21.7. The molecule has 2 saturated heterocycles. The van der Waals surface area contributed by atoms with Gasteiger partial charge in [-0.1, -0.05) is 13.8 Å². The first-order valence-electron chi connectivity index (χ1n) is 10.6. The molecular formula is C22H33FN4O2. The van der Waals surface area contributed by atoms with E-state index < -0.39 is 6.04 Å². The van der Waals surface area contributed by atoms with Gasteiger partial charge in [-0.25, -0.2) is 4.39 Å². The number of hydrogen-bond acceptors (Lipinski definition) is 4. The predicted molar refractivity (Wildman–Crippen MR) is 111 cm³/mol. The van der Waals surface area contributed by atoms with Crippen molar-refractivity contribution in [2.45, 2.75) is 38.8 Å². The minimum Gasteiger partial charge on any atom is -0.340 e. The second-order valence-electron chi connectivity index (χ2n) is 8.62. The maximum Gasteiger partial charge on any atom is 0.251 e. The van der Waals surface area contributed by atoms with Gasteiger partial charge in [0.15, 0.2) is 0 Å². The zero-order chi connectivity index (χ0) is 21.0. The fourth-order valence-corrected chi connectivity index (χ4v) is 4.28. The van der Waals surface area contributed by atoms with Crippen molar-refractivity contribution >= 4 is 11.8 Å². The molecule has 2 aliphatic heterocycles. The van der Waals surface area contributed by atoms with E-state index in [4.69, 9.17) is 0 Å². The number of halogens is 1. The van der Waals surface area contributed by atoms with Gasteiger partial charge in [0.25, 0.3) is 5.91 Å². The van der Waals surface area contributed by atoms with Crippen LogP contribution in [0.2, 0.25) is 0 Å². The first-order valence-corrected chi connectivity index (χ1v) is 10.6. The molecule has 7 heteroatoms. The predicted octanol–water partition coefficient (Wildman–Crippen LogP) is 1.82. The molecule has 3 rings (SSSR count). The average Bonchev–Trinajstić information content (AvgIpc) is 2.72. The van der Waals surface area contributed by atoms with Crippen molar-refractivity contribution in [1.82, 2.24) is 20.0 Å². The Morgan fingerprint density at radius 2 is 1.72 bits per heavy atom. The van der Waals surface area contributed by atoms with E-state index in [1.807, 2.05) is 18.7 Å². The Kier molecular flexibility index (Phi) is 7.24. The number of nitrogens with zero attached hydrogens (tertiary/aromatic N) is 3. The van der Waals surface area contributed by atoms with Crippen molar-refractivity contribution in [3.63, 3.8) is 0 Å². The normalized spacial score (nSPS) is 22.5. The molecule has 0 aromatic heterocycles. The molecular weight excluding hydrogens is 371 g/mol. The molecule has 2 fully saturated rings. The summed E-state index contributed by atoms with van der Waals surface area (Å²) < 4.78 is 13.1. The monoisotopic (exact) mass is 404 g/mol. The minimum absolute atomic E-state index is 0.0306. The molecule has 2 aliphatic rings. The van der Waals surface area contributed by atoms with E-state index in [-0.39, 0.29) is 23.5 Å². The molecule has 1 N–H and O–H groups in total. The lowest BCUT2D eigenvalue weighted by atomic mass is 10.0. The van der Waals surface area contributed by atoms with Crippen molar-refractivity contribution in [1.29, 1.82) is 0 Å². The van der Waals surface area contributed by atoms with Crippen molar-refractivity contribution in [2.75, 3.05) is 46.3 Å². The van der Waals surface area contributed by atoms with E-state index in [0.29, 0.717) is 24.7 Å². The molecule has 0 radical (unpaired) electrons. The lowest BCUT2D eigenvalue weighted by Crippen LogP contribution is -2.59. The van der Waals surface area contributed by atoms with Crippen LogP contribution in [-0.2, 0) is 4.79 Å². The summed E-state index contributed by atoms with van der Waals surface area (Å²) in [4.78, 5) is 32.4. The Balaban J connectivity index is 1.57. The average molecular weight is 405 g/mol.